The Balaban J connectivity index is 1.24. The van der Waals surface area contributed by atoms with Crippen molar-refractivity contribution in [1.29, 1.82) is 0 Å². The van der Waals surface area contributed by atoms with Crippen LogP contribution in [0.2, 0.25) is 0 Å². The highest BCUT2D eigenvalue weighted by molar-refractivity contribution is 7.99. The van der Waals surface area contributed by atoms with Crippen molar-refractivity contribution in [3.05, 3.63) is 42.7 Å². The lowest BCUT2D eigenvalue weighted by Gasteiger charge is -2.38. The molecular weight excluding hydrogens is 442 g/mol. The smallest absolute Gasteiger partial charge is 0.284 e. The van der Waals surface area contributed by atoms with Crippen molar-refractivity contribution in [3.63, 3.8) is 0 Å². The van der Waals surface area contributed by atoms with E-state index < -0.39 is 0 Å². The summed E-state index contributed by atoms with van der Waals surface area (Å²) in [5, 5.41) is 11.0. The zero-order valence-corrected chi connectivity index (χ0v) is 19.7. The van der Waals surface area contributed by atoms with Crippen molar-refractivity contribution in [2.75, 3.05) is 42.1 Å². The minimum absolute atomic E-state index is 0.144. The van der Waals surface area contributed by atoms with Crippen molar-refractivity contribution < 1.29 is 18.4 Å². The van der Waals surface area contributed by atoms with Gasteiger partial charge in [-0.2, -0.15) is 0 Å². The molecule has 4 rings (SSSR count). The highest BCUT2D eigenvalue weighted by Gasteiger charge is 2.29. The second kappa shape index (κ2) is 9.70. The molecule has 3 heterocycles. The number of aromatic nitrogens is 2. The van der Waals surface area contributed by atoms with E-state index in [4.69, 9.17) is 8.83 Å². The third kappa shape index (κ3) is 5.75. The van der Waals surface area contributed by atoms with Gasteiger partial charge in [0.1, 0.15) is 0 Å². The Morgan fingerprint density at radius 3 is 2.42 bits per heavy atom. The number of nitrogens with zero attached hydrogens (tertiary/aromatic N) is 4. The summed E-state index contributed by atoms with van der Waals surface area (Å²) in [6, 6.07) is 11.2. The van der Waals surface area contributed by atoms with Gasteiger partial charge >= 0.3 is 0 Å². The molecule has 0 unspecified atom stereocenters. The van der Waals surface area contributed by atoms with Crippen LogP contribution in [0.5, 0.6) is 0 Å². The number of thioether (sulfide) groups is 1. The number of furan rings is 1. The van der Waals surface area contributed by atoms with Gasteiger partial charge in [0, 0.05) is 43.0 Å². The second-order valence-electron chi connectivity index (χ2n) is 8.76. The molecule has 0 saturated carbocycles. The summed E-state index contributed by atoms with van der Waals surface area (Å²) in [6.07, 6.45) is 1.53. The van der Waals surface area contributed by atoms with Gasteiger partial charge < -0.3 is 24.0 Å². The van der Waals surface area contributed by atoms with Crippen molar-refractivity contribution in [3.8, 4) is 11.7 Å². The fourth-order valence-electron chi connectivity index (χ4n) is 3.49. The number of carbonyl (C=O) groups is 2. The van der Waals surface area contributed by atoms with Crippen LogP contribution < -0.4 is 10.2 Å². The van der Waals surface area contributed by atoms with E-state index in [2.05, 4.69) is 20.4 Å². The molecule has 3 aromatic rings. The van der Waals surface area contributed by atoms with Crippen molar-refractivity contribution in [2.45, 2.75) is 26.0 Å². The average Bonchev–Trinajstić information content (AvgIpc) is 3.49. The molecule has 174 valence electrons. The Hall–Kier alpha value is -3.27. The molecule has 2 amide bonds. The highest BCUT2D eigenvalue weighted by Crippen LogP contribution is 2.25. The van der Waals surface area contributed by atoms with Crippen molar-refractivity contribution >= 4 is 35.0 Å². The first-order valence-electron chi connectivity index (χ1n) is 10.7. The highest BCUT2D eigenvalue weighted by atomic mass is 32.2. The van der Waals surface area contributed by atoms with E-state index in [-0.39, 0.29) is 28.9 Å². The molecule has 1 saturated heterocycles. The monoisotopic (exact) mass is 469 g/mol. The first-order chi connectivity index (χ1) is 15.8. The molecule has 0 aliphatic carbocycles. The molecule has 0 atom stereocenters. The fourth-order valence-corrected chi connectivity index (χ4v) is 4.05. The lowest BCUT2D eigenvalue weighted by atomic mass is 9.94. The van der Waals surface area contributed by atoms with Gasteiger partial charge in [-0.3, -0.25) is 9.59 Å². The lowest BCUT2D eigenvalue weighted by molar-refractivity contribution is -0.139. The summed E-state index contributed by atoms with van der Waals surface area (Å²) in [5.41, 5.74) is 1.43. The number of hydrogen-bond acceptors (Lipinski definition) is 8. The van der Waals surface area contributed by atoms with Crippen LogP contribution in [0.25, 0.3) is 11.7 Å². The number of anilines is 2. The molecule has 1 aliphatic heterocycles. The number of piperazine rings is 1. The SMILES string of the molecule is CC(C)(C)C(=O)N1CCN(c2ccc(NC(=O)CSc3nnc(-c4ccco4)o3)cc2)CC1. The van der Waals surface area contributed by atoms with Crippen LogP contribution >= 0.6 is 11.8 Å². The molecule has 10 heteroatoms. The predicted octanol–water partition coefficient (Wildman–Crippen LogP) is 3.76. The van der Waals surface area contributed by atoms with Crippen LogP contribution in [0.15, 0.2) is 56.7 Å². The summed E-state index contributed by atoms with van der Waals surface area (Å²) in [5.74, 6) is 0.935. The Morgan fingerprint density at radius 1 is 1.06 bits per heavy atom. The molecular formula is C23H27N5O4S. The quantitative estimate of drug-likeness (QED) is 0.544. The van der Waals surface area contributed by atoms with E-state index in [1.54, 1.807) is 12.1 Å². The van der Waals surface area contributed by atoms with Gasteiger partial charge in [0.15, 0.2) is 5.76 Å². The maximum Gasteiger partial charge on any atom is 0.284 e. The molecule has 2 aromatic heterocycles. The number of rotatable bonds is 6. The Morgan fingerprint density at radius 2 is 1.79 bits per heavy atom. The molecule has 1 aliphatic rings. The third-order valence-corrected chi connectivity index (χ3v) is 6.01. The Labute approximate surface area is 196 Å². The largest absolute Gasteiger partial charge is 0.459 e. The number of amides is 2. The van der Waals surface area contributed by atoms with Crippen LogP contribution in [0.1, 0.15) is 20.8 Å². The number of benzene rings is 1. The van der Waals surface area contributed by atoms with Gasteiger partial charge in [-0.05, 0) is 36.4 Å². The average molecular weight is 470 g/mol. The van der Waals surface area contributed by atoms with Crippen LogP contribution in [0, 0.1) is 5.41 Å². The second-order valence-corrected chi connectivity index (χ2v) is 9.69. The maximum absolute atomic E-state index is 12.5. The van der Waals surface area contributed by atoms with Crippen LogP contribution in [-0.2, 0) is 9.59 Å². The molecule has 0 spiro atoms. The summed E-state index contributed by atoms with van der Waals surface area (Å²) < 4.78 is 10.7. The van der Waals surface area contributed by atoms with Gasteiger partial charge in [-0.25, -0.2) is 0 Å². The minimum Gasteiger partial charge on any atom is -0.459 e. The first-order valence-corrected chi connectivity index (χ1v) is 11.7. The van der Waals surface area contributed by atoms with Gasteiger partial charge in [-0.1, -0.05) is 32.5 Å². The molecule has 0 radical (unpaired) electrons. The zero-order valence-electron chi connectivity index (χ0n) is 18.9. The van der Waals surface area contributed by atoms with Gasteiger partial charge in [0.2, 0.25) is 11.8 Å². The van der Waals surface area contributed by atoms with Crippen LogP contribution in [0.4, 0.5) is 11.4 Å². The summed E-state index contributed by atoms with van der Waals surface area (Å²) in [4.78, 5) is 28.9. The topological polar surface area (TPSA) is 105 Å². The molecule has 1 fully saturated rings. The third-order valence-electron chi connectivity index (χ3n) is 5.19. The molecule has 9 nitrogen and oxygen atoms in total. The molecule has 1 aromatic carbocycles. The Kier molecular flexibility index (Phi) is 6.73. The van der Waals surface area contributed by atoms with Crippen LogP contribution in [0.3, 0.4) is 0 Å². The fraction of sp³-hybridized carbons (Fsp3) is 0.391. The lowest BCUT2D eigenvalue weighted by Crippen LogP contribution is -2.51. The van der Waals surface area contributed by atoms with Crippen LogP contribution in [-0.4, -0.2) is 58.8 Å². The summed E-state index contributed by atoms with van der Waals surface area (Å²) >= 11 is 1.16. The molecule has 0 bridgehead atoms. The van der Waals surface area contributed by atoms with Crippen molar-refractivity contribution in [1.82, 2.24) is 15.1 Å². The van der Waals surface area contributed by atoms with E-state index in [0.29, 0.717) is 29.8 Å². The predicted molar refractivity (Wildman–Crippen MR) is 126 cm³/mol. The minimum atomic E-state index is -0.356. The number of nitrogens with one attached hydrogen (secondary N) is 1. The number of hydrogen-bond donors (Lipinski definition) is 1. The Bertz CT molecular complexity index is 1080. The first kappa shape index (κ1) is 22.9. The van der Waals surface area contributed by atoms with Gasteiger partial charge in [0.25, 0.3) is 11.1 Å². The molecule has 33 heavy (non-hydrogen) atoms. The normalized spacial score (nSPS) is 14.4. The maximum atomic E-state index is 12.5. The van der Waals surface area contributed by atoms with E-state index >= 15 is 0 Å². The van der Waals surface area contributed by atoms with Gasteiger partial charge in [0.05, 0.1) is 12.0 Å². The summed E-state index contributed by atoms with van der Waals surface area (Å²) in [7, 11) is 0. The number of carbonyl (C=O) groups excluding carboxylic acids is 2. The van der Waals surface area contributed by atoms with Gasteiger partial charge in [-0.15, -0.1) is 10.2 Å². The summed E-state index contributed by atoms with van der Waals surface area (Å²) in [6.45, 7) is 8.85. The van der Waals surface area contributed by atoms with E-state index in [9.17, 15) is 9.59 Å². The van der Waals surface area contributed by atoms with Crippen molar-refractivity contribution in [2.24, 2.45) is 5.41 Å². The van der Waals surface area contributed by atoms with E-state index in [0.717, 1.165) is 30.5 Å². The standard InChI is InChI=1S/C23H27N5O4S/c1-23(2,3)21(30)28-12-10-27(11-13-28)17-8-6-16(7-9-17)24-19(29)15-33-22-26-25-20(32-22)18-5-4-14-31-18/h4-9,14H,10-13,15H2,1-3H3,(H,24,29). The molecule has 1 N–H and O–H groups in total. The van der Waals surface area contributed by atoms with E-state index in [1.807, 2.05) is 49.9 Å². The van der Waals surface area contributed by atoms with E-state index in [1.165, 1.54) is 6.26 Å². The zero-order chi connectivity index (χ0) is 23.4.